The van der Waals surface area contributed by atoms with Gasteiger partial charge in [-0.25, -0.2) is 9.97 Å². The topological polar surface area (TPSA) is 67.3 Å². The summed E-state index contributed by atoms with van der Waals surface area (Å²) in [5.74, 6) is 1.62. The Balaban J connectivity index is 1.45. The summed E-state index contributed by atoms with van der Waals surface area (Å²) in [5, 5.41) is 3.04. The Kier molecular flexibility index (Phi) is 5.93. The Morgan fingerprint density at radius 2 is 1.83 bits per heavy atom. The summed E-state index contributed by atoms with van der Waals surface area (Å²) in [6.45, 7) is 4.05. The van der Waals surface area contributed by atoms with Crippen molar-refractivity contribution in [1.29, 1.82) is 0 Å². The van der Waals surface area contributed by atoms with Crippen molar-refractivity contribution in [2.24, 2.45) is 0 Å². The molecule has 1 aliphatic heterocycles. The van der Waals surface area contributed by atoms with E-state index in [1.54, 1.807) is 13.4 Å². The van der Waals surface area contributed by atoms with Crippen LogP contribution in [0.1, 0.15) is 41.7 Å². The monoisotopic (exact) mass is 402 g/mol. The van der Waals surface area contributed by atoms with Gasteiger partial charge in [-0.1, -0.05) is 24.3 Å². The van der Waals surface area contributed by atoms with Gasteiger partial charge in [0.15, 0.2) is 0 Å². The molecule has 1 saturated heterocycles. The van der Waals surface area contributed by atoms with Gasteiger partial charge in [0.05, 0.1) is 18.8 Å². The molecule has 0 spiro atoms. The number of benzene rings is 2. The largest absolute Gasteiger partial charge is 0.497 e. The van der Waals surface area contributed by atoms with Crippen LogP contribution in [0, 0.1) is 0 Å². The van der Waals surface area contributed by atoms with E-state index in [0.29, 0.717) is 5.56 Å². The lowest BCUT2D eigenvalue weighted by Crippen LogP contribution is -2.26. The summed E-state index contributed by atoms with van der Waals surface area (Å²) in [4.78, 5) is 23.8. The van der Waals surface area contributed by atoms with E-state index < -0.39 is 0 Å². The van der Waals surface area contributed by atoms with E-state index in [1.165, 1.54) is 12.8 Å². The summed E-state index contributed by atoms with van der Waals surface area (Å²) in [5.41, 5.74) is 3.44. The first-order valence-electron chi connectivity index (χ1n) is 10.3. The van der Waals surface area contributed by atoms with Crippen LogP contribution in [0.3, 0.4) is 0 Å². The van der Waals surface area contributed by atoms with Gasteiger partial charge in [-0.3, -0.25) is 4.79 Å². The molecule has 1 fully saturated rings. The van der Waals surface area contributed by atoms with Crippen LogP contribution in [0.15, 0.2) is 60.9 Å². The van der Waals surface area contributed by atoms with Gasteiger partial charge in [-0.05, 0) is 49.6 Å². The van der Waals surface area contributed by atoms with Crippen LogP contribution >= 0.6 is 0 Å². The van der Waals surface area contributed by atoms with Crippen LogP contribution < -0.4 is 15.0 Å². The van der Waals surface area contributed by atoms with Gasteiger partial charge in [0.1, 0.15) is 17.9 Å². The minimum atomic E-state index is -0.128. The van der Waals surface area contributed by atoms with Crippen LogP contribution in [0.5, 0.6) is 5.75 Å². The van der Waals surface area contributed by atoms with Gasteiger partial charge in [0, 0.05) is 30.3 Å². The summed E-state index contributed by atoms with van der Waals surface area (Å²) in [6, 6.07) is 17.1. The van der Waals surface area contributed by atoms with E-state index >= 15 is 0 Å². The van der Waals surface area contributed by atoms with Gasteiger partial charge >= 0.3 is 0 Å². The predicted octanol–water partition coefficient (Wildman–Crippen LogP) is 4.24. The van der Waals surface area contributed by atoms with Gasteiger partial charge < -0.3 is 15.0 Å². The molecule has 0 unspecified atom stereocenters. The number of nitrogens with one attached hydrogen (secondary N) is 1. The Morgan fingerprint density at radius 1 is 1.07 bits per heavy atom. The zero-order valence-corrected chi connectivity index (χ0v) is 17.3. The summed E-state index contributed by atoms with van der Waals surface area (Å²) in [7, 11) is 1.63. The first-order valence-corrected chi connectivity index (χ1v) is 10.3. The molecule has 1 aliphatic rings. The standard InChI is InChI=1S/C24H26N4O2/c1-17(20-6-5-7-21(14-20)30-2)27-24(29)19-10-8-18(9-11-19)22-15-23(26-16-25-22)28-12-3-4-13-28/h5-11,14-17H,3-4,12-13H2,1-2H3,(H,27,29)/t17-/m1/s1. The van der Waals surface area contributed by atoms with Crippen molar-refractivity contribution < 1.29 is 9.53 Å². The van der Waals surface area contributed by atoms with Gasteiger partial charge in [-0.15, -0.1) is 0 Å². The molecule has 30 heavy (non-hydrogen) atoms. The van der Waals surface area contributed by atoms with E-state index in [2.05, 4.69) is 20.2 Å². The molecule has 6 nitrogen and oxygen atoms in total. The molecule has 1 amide bonds. The number of ether oxygens (including phenoxy) is 1. The van der Waals surface area contributed by atoms with Crippen molar-refractivity contribution in [2.45, 2.75) is 25.8 Å². The Labute approximate surface area is 176 Å². The number of methoxy groups -OCH3 is 1. The quantitative estimate of drug-likeness (QED) is 0.668. The van der Waals surface area contributed by atoms with E-state index in [9.17, 15) is 4.79 Å². The van der Waals surface area contributed by atoms with Crippen molar-refractivity contribution in [2.75, 3.05) is 25.1 Å². The number of aromatic nitrogens is 2. The minimum absolute atomic E-state index is 0.114. The smallest absolute Gasteiger partial charge is 0.251 e. The molecule has 4 rings (SSSR count). The molecule has 1 aromatic heterocycles. The molecule has 0 radical (unpaired) electrons. The fourth-order valence-corrected chi connectivity index (χ4v) is 3.69. The lowest BCUT2D eigenvalue weighted by atomic mass is 10.1. The third kappa shape index (κ3) is 4.43. The molecule has 0 bridgehead atoms. The fourth-order valence-electron chi connectivity index (χ4n) is 3.69. The summed E-state index contributed by atoms with van der Waals surface area (Å²) in [6.07, 6.45) is 4.02. The lowest BCUT2D eigenvalue weighted by molar-refractivity contribution is 0.0940. The predicted molar refractivity (Wildman–Crippen MR) is 118 cm³/mol. The maximum Gasteiger partial charge on any atom is 0.251 e. The lowest BCUT2D eigenvalue weighted by Gasteiger charge is -2.16. The zero-order chi connectivity index (χ0) is 20.9. The minimum Gasteiger partial charge on any atom is -0.497 e. The molecule has 154 valence electrons. The second-order valence-electron chi connectivity index (χ2n) is 7.50. The Morgan fingerprint density at radius 3 is 2.57 bits per heavy atom. The Hall–Kier alpha value is -3.41. The number of hydrogen-bond acceptors (Lipinski definition) is 5. The van der Waals surface area contributed by atoms with Crippen LogP contribution in [0.4, 0.5) is 5.82 Å². The highest BCUT2D eigenvalue weighted by atomic mass is 16.5. The number of amides is 1. The molecular formula is C24H26N4O2. The van der Waals surface area contributed by atoms with Crippen molar-refractivity contribution >= 4 is 11.7 Å². The van der Waals surface area contributed by atoms with Gasteiger partial charge in [0.25, 0.3) is 5.91 Å². The number of carbonyl (C=O) groups excluding carboxylic acids is 1. The van der Waals surface area contributed by atoms with Crippen LogP contribution in [0.25, 0.3) is 11.3 Å². The second kappa shape index (κ2) is 8.95. The molecule has 1 N–H and O–H groups in total. The SMILES string of the molecule is COc1cccc([C@@H](C)NC(=O)c2ccc(-c3cc(N4CCCC4)ncn3)cc2)c1. The van der Waals surface area contributed by atoms with Crippen molar-refractivity contribution in [1.82, 2.24) is 15.3 Å². The fraction of sp³-hybridized carbons (Fsp3) is 0.292. The average molecular weight is 402 g/mol. The average Bonchev–Trinajstić information content (AvgIpc) is 3.34. The highest BCUT2D eigenvalue weighted by Crippen LogP contribution is 2.24. The van der Waals surface area contributed by atoms with Crippen molar-refractivity contribution in [3.8, 4) is 17.0 Å². The van der Waals surface area contributed by atoms with Crippen LogP contribution in [0.2, 0.25) is 0 Å². The van der Waals surface area contributed by atoms with Crippen LogP contribution in [-0.4, -0.2) is 36.1 Å². The van der Waals surface area contributed by atoms with E-state index in [4.69, 9.17) is 4.74 Å². The van der Waals surface area contributed by atoms with Gasteiger partial charge in [-0.2, -0.15) is 0 Å². The van der Waals surface area contributed by atoms with E-state index in [-0.39, 0.29) is 11.9 Å². The molecule has 2 aromatic carbocycles. The molecule has 2 heterocycles. The number of hydrogen-bond donors (Lipinski definition) is 1. The normalized spacial score (nSPS) is 14.4. The third-order valence-corrected chi connectivity index (χ3v) is 5.47. The number of carbonyl (C=O) groups is 1. The molecule has 1 atom stereocenters. The second-order valence-corrected chi connectivity index (χ2v) is 7.50. The highest BCUT2D eigenvalue weighted by molar-refractivity contribution is 5.94. The summed E-state index contributed by atoms with van der Waals surface area (Å²) >= 11 is 0. The number of rotatable bonds is 6. The molecular weight excluding hydrogens is 376 g/mol. The Bertz CT molecular complexity index is 1010. The molecule has 6 heteroatoms. The van der Waals surface area contributed by atoms with E-state index in [1.807, 2.05) is 61.5 Å². The maximum absolute atomic E-state index is 12.7. The van der Waals surface area contributed by atoms with Crippen molar-refractivity contribution in [3.63, 3.8) is 0 Å². The van der Waals surface area contributed by atoms with Crippen molar-refractivity contribution in [3.05, 3.63) is 72.1 Å². The maximum atomic E-state index is 12.7. The molecule has 3 aromatic rings. The highest BCUT2D eigenvalue weighted by Gasteiger charge is 2.15. The first-order chi connectivity index (χ1) is 14.6. The number of anilines is 1. The third-order valence-electron chi connectivity index (χ3n) is 5.47. The number of nitrogens with zero attached hydrogens (tertiary/aromatic N) is 3. The molecule has 0 saturated carbocycles. The first kappa shape index (κ1) is 19.9. The van der Waals surface area contributed by atoms with Gasteiger partial charge in [0.2, 0.25) is 0 Å². The van der Waals surface area contributed by atoms with E-state index in [0.717, 1.165) is 41.5 Å². The zero-order valence-electron chi connectivity index (χ0n) is 17.3. The molecule has 0 aliphatic carbocycles. The van der Waals surface area contributed by atoms with Crippen LogP contribution in [-0.2, 0) is 0 Å². The summed E-state index contributed by atoms with van der Waals surface area (Å²) < 4.78 is 5.26.